The SMILES string of the molecule is Cl.NS(=O)(=O)c1ccc2c(c1)OCN2. The Bertz CT molecular complexity index is 446. The lowest BCUT2D eigenvalue weighted by Crippen LogP contribution is -2.11. The second kappa shape index (κ2) is 3.64. The van der Waals surface area contributed by atoms with E-state index in [-0.39, 0.29) is 17.3 Å². The molecule has 0 unspecified atom stereocenters. The molecule has 7 heteroatoms. The Kier molecular flexibility index (Phi) is 2.89. The first-order chi connectivity index (χ1) is 6.07. The number of hydrogen-bond donors (Lipinski definition) is 2. The van der Waals surface area contributed by atoms with E-state index in [4.69, 9.17) is 9.88 Å². The van der Waals surface area contributed by atoms with Crippen LogP contribution < -0.4 is 15.2 Å². The number of benzene rings is 1. The van der Waals surface area contributed by atoms with Crippen LogP contribution in [0.25, 0.3) is 0 Å². The van der Waals surface area contributed by atoms with Gasteiger partial charge in [-0.2, -0.15) is 0 Å². The van der Waals surface area contributed by atoms with E-state index in [0.29, 0.717) is 12.5 Å². The van der Waals surface area contributed by atoms with Crippen LogP contribution in [0, 0.1) is 0 Å². The zero-order valence-electron chi connectivity index (χ0n) is 7.06. The van der Waals surface area contributed by atoms with Gasteiger partial charge in [0.15, 0.2) is 6.73 Å². The van der Waals surface area contributed by atoms with Gasteiger partial charge >= 0.3 is 0 Å². The minimum Gasteiger partial charge on any atom is -0.471 e. The summed E-state index contributed by atoms with van der Waals surface area (Å²) in [6, 6.07) is 4.47. The van der Waals surface area contributed by atoms with Crippen LogP contribution >= 0.6 is 12.4 Å². The maximum absolute atomic E-state index is 10.9. The van der Waals surface area contributed by atoms with Crippen molar-refractivity contribution < 1.29 is 13.2 Å². The zero-order valence-corrected chi connectivity index (χ0v) is 8.69. The summed E-state index contributed by atoms with van der Waals surface area (Å²) in [4.78, 5) is 0.0648. The molecule has 2 rings (SSSR count). The van der Waals surface area contributed by atoms with Crippen LogP contribution in [0.3, 0.4) is 0 Å². The smallest absolute Gasteiger partial charge is 0.238 e. The van der Waals surface area contributed by atoms with Crippen molar-refractivity contribution in [2.75, 3.05) is 12.0 Å². The van der Waals surface area contributed by atoms with Gasteiger partial charge in [0.2, 0.25) is 10.0 Å². The van der Waals surface area contributed by atoms with Gasteiger partial charge in [-0.05, 0) is 12.1 Å². The Morgan fingerprint density at radius 1 is 1.43 bits per heavy atom. The fraction of sp³-hybridized carbons (Fsp3) is 0.143. The maximum Gasteiger partial charge on any atom is 0.238 e. The number of anilines is 1. The molecule has 78 valence electrons. The van der Waals surface area contributed by atoms with Crippen LogP contribution in [0.5, 0.6) is 5.75 Å². The van der Waals surface area contributed by atoms with Crippen molar-refractivity contribution in [2.45, 2.75) is 4.90 Å². The largest absolute Gasteiger partial charge is 0.471 e. The number of hydrogen-bond acceptors (Lipinski definition) is 4. The number of fused-ring (bicyclic) bond motifs is 1. The van der Waals surface area contributed by atoms with Crippen LogP contribution in [0.4, 0.5) is 5.69 Å². The van der Waals surface area contributed by atoms with Crippen molar-refractivity contribution in [1.29, 1.82) is 0 Å². The van der Waals surface area contributed by atoms with E-state index >= 15 is 0 Å². The van der Waals surface area contributed by atoms with Gasteiger partial charge < -0.3 is 10.1 Å². The number of primary sulfonamides is 1. The Morgan fingerprint density at radius 2 is 2.14 bits per heavy atom. The van der Waals surface area contributed by atoms with Gasteiger partial charge in [-0.15, -0.1) is 12.4 Å². The molecule has 0 saturated carbocycles. The predicted octanol–water partition coefficient (Wildman–Crippen LogP) is 0.518. The van der Waals surface area contributed by atoms with Crippen molar-refractivity contribution >= 4 is 28.1 Å². The van der Waals surface area contributed by atoms with Crippen LogP contribution in [-0.4, -0.2) is 15.1 Å². The third-order valence-corrected chi connectivity index (χ3v) is 2.68. The molecular formula is C7H9ClN2O3S. The summed E-state index contributed by atoms with van der Waals surface area (Å²) in [5, 5.41) is 7.87. The lowest BCUT2D eigenvalue weighted by molar-refractivity contribution is 0.371. The molecule has 5 nitrogen and oxygen atoms in total. The van der Waals surface area contributed by atoms with Crippen molar-refractivity contribution in [1.82, 2.24) is 0 Å². The molecule has 0 atom stereocenters. The molecule has 1 aliphatic rings. The van der Waals surface area contributed by atoms with E-state index in [1.54, 1.807) is 6.07 Å². The van der Waals surface area contributed by atoms with Gasteiger partial charge in [-0.3, -0.25) is 0 Å². The fourth-order valence-electron chi connectivity index (χ4n) is 1.14. The lowest BCUT2D eigenvalue weighted by Gasteiger charge is -2.00. The summed E-state index contributed by atoms with van der Waals surface area (Å²) in [6.07, 6.45) is 0. The predicted molar refractivity (Wildman–Crippen MR) is 54.2 cm³/mol. The van der Waals surface area contributed by atoms with Gasteiger partial charge in [-0.1, -0.05) is 0 Å². The Hall–Kier alpha value is -0.980. The third-order valence-electron chi connectivity index (χ3n) is 1.77. The highest BCUT2D eigenvalue weighted by atomic mass is 35.5. The minimum atomic E-state index is -3.63. The molecule has 1 aromatic rings. The van der Waals surface area contributed by atoms with Crippen LogP contribution in [0.1, 0.15) is 0 Å². The number of sulfonamides is 1. The normalized spacial score (nSPS) is 13.5. The Morgan fingerprint density at radius 3 is 2.79 bits per heavy atom. The van der Waals surface area contributed by atoms with Crippen molar-refractivity contribution in [2.24, 2.45) is 5.14 Å². The van der Waals surface area contributed by atoms with Crippen LogP contribution in [0.2, 0.25) is 0 Å². The van der Waals surface area contributed by atoms with Crippen LogP contribution in [0.15, 0.2) is 23.1 Å². The van der Waals surface area contributed by atoms with E-state index in [1.165, 1.54) is 12.1 Å². The second-order valence-electron chi connectivity index (χ2n) is 2.67. The molecule has 0 fully saturated rings. The third kappa shape index (κ3) is 1.92. The zero-order chi connectivity index (χ0) is 9.47. The summed E-state index contributed by atoms with van der Waals surface area (Å²) in [5.74, 6) is 0.520. The van der Waals surface area contributed by atoms with Crippen LogP contribution in [-0.2, 0) is 10.0 Å². The molecule has 14 heavy (non-hydrogen) atoms. The Labute approximate surface area is 87.7 Å². The summed E-state index contributed by atoms with van der Waals surface area (Å²) < 4.78 is 27.0. The number of nitrogens with two attached hydrogens (primary N) is 1. The van der Waals surface area contributed by atoms with E-state index in [9.17, 15) is 8.42 Å². The molecular weight excluding hydrogens is 228 g/mol. The quantitative estimate of drug-likeness (QED) is 0.745. The van der Waals surface area contributed by atoms with E-state index in [1.807, 2.05) is 0 Å². The monoisotopic (exact) mass is 236 g/mol. The number of halogens is 1. The maximum atomic E-state index is 10.9. The van der Waals surface area contributed by atoms with Crippen molar-refractivity contribution in [3.05, 3.63) is 18.2 Å². The summed E-state index contributed by atoms with van der Waals surface area (Å²) >= 11 is 0. The first kappa shape index (κ1) is 11.1. The van der Waals surface area contributed by atoms with Crippen molar-refractivity contribution in [3.8, 4) is 5.75 Å². The standard InChI is InChI=1S/C7H8N2O3S.ClH/c8-13(10,11)5-1-2-6-7(3-5)12-4-9-6;/h1-3,9H,4H2,(H2,8,10,11);1H. The molecule has 0 saturated heterocycles. The Balaban J connectivity index is 0.000000980. The topological polar surface area (TPSA) is 81.4 Å². The van der Waals surface area contributed by atoms with Gasteiger partial charge in [0, 0.05) is 6.07 Å². The molecule has 0 radical (unpaired) electrons. The first-order valence-corrected chi connectivity index (χ1v) is 5.15. The number of nitrogens with one attached hydrogen (secondary N) is 1. The summed E-state index contributed by atoms with van der Waals surface area (Å²) in [7, 11) is -3.63. The molecule has 1 aromatic carbocycles. The number of ether oxygens (including phenoxy) is 1. The highest BCUT2D eigenvalue weighted by molar-refractivity contribution is 7.89. The van der Waals surface area contributed by atoms with Gasteiger partial charge in [-0.25, -0.2) is 13.6 Å². The van der Waals surface area contributed by atoms with E-state index in [2.05, 4.69) is 5.32 Å². The molecule has 0 amide bonds. The molecule has 0 bridgehead atoms. The van der Waals surface area contributed by atoms with E-state index in [0.717, 1.165) is 5.69 Å². The highest BCUT2D eigenvalue weighted by Gasteiger charge is 2.15. The molecule has 1 aliphatic heterocycles. The second-order valence-corrected chi connectivity index (χ2v) is 4.23. The summed E-state index contributed by atoms with van der Waals surface area (Å²) in [6.45, 7) is 0.364. The lowest BCUT2D eigenvalue weighted by atomic mass is 10.3. The molecule has 0 aromatic heterocycles. The minimum absolute atomic E-state index is 0. The average Bonchev–Trinajstić information content (AvgIpc) is 2.47. The summed E-state index contributed by atoms with van der Waals surface area (Å²) in [5.41, 5.74) is 0.785. The highest BCUT2D eigenvalue weighted by Crippen LogP contribution is 2.30. The molecule has 3 N–H and O–H groups in total. The first-order valence-electron chi connectivity index (χ1n) is 3.61. The fourth-order valence-corrected chi connectivity index (χ4v) is 1.67. The van der Waals surface area contributed by atoms with Gasteiger partial charge in [0.05, 0.1) is 10.6 Å². The van der Waals surface area contributed by atoms with Crippen molar-refractivity contribution in [3.63, 3.8) is 0 Å². The van der Waals surface area contributed by atoms with Gasteiger partial charge in [0.25, 0.3) is 0 Å². The molecule has 1 heterocycles. The number of rotatable bonds is 1. The van der Waals surface area contributed by atoms with E-state index < -0.39 is 10.0 Å². The molecule has 0 spiro atoms. The molecule has 0 aliphatic carbocycles. The van der Waals surface area contributed by atoms with Gasteiger partial charge in [0.1, 0.15) is 5.75 Å². The average molecular weight is 237 g/mol.